The number of hydrogen-bond donors (Lipinski definition) is 2. The zero-order chi connectivity index (χ0) is 10.6. The molecule has 0 saturated heterocycles. The molecule has 1 rings (SSSR count). The van der Waals surface area contributed by atoms with Crippen LogP contribution in [0.5, 0.6) is 0 Å². The lowest BCUT2D eigenvalue weighted by Gasteiger charge is -2.06. The minimum Gasteiger partial charge on any atom is -0.387 e. The molecule has 0 bridgehead atoms. The third-order valence-electron chi connectivity index (χ3n) is 2.08. The first-order valence-electron chi connectivity index (χ1n) is 5.18. The second-order valence-electron chi connectivity index (χ2n) is 4.05. The first-order chi connectivity index (χ1) is 6.59. The van der Waals surface area contributed by atoms with Crippen LogP contribution in [0.3, 0.4) is 0 Å². The molecule has 1 saturated carbocycles. The van der Waals surface area contributed by atoms with Crippen molar-refractivity contribution >= 4 is 11.7 Å². The Labute approximate surface area is 85.0 Å². The summed E-state index contributed by atoms with van der Waals surface area (Å²) < 4.78 is 0. The van der Waals surface area contributed by atoms with Crippen LogP contribution < -0.4 is 11.1 Å². The molecule has 0 heterocycles. The second-order valence-corrected chi connectivity index (χ2v) is 4.05. The molecule has 4 heteroatoms. The van der Waals surface area contributed by atoms with E-state index in [-0.39, 0.29) is 11.9 Å². The fourth-order valence-electron chi connectivity index (χ4n) is 1.19. The number of nitrogens with zero attached hydrogens (tertiary/aromatic N) is 1. The molecule has 14 heavy (non-hydrogen) atoms. The van der Waals surface area contributed by atoms with Gasteiger partial charge < -0.3 is 11.1 Å². The highest BCUT2D eigenvalue weighted by Crippen LogP contribution is 2.28. The molecule has 0 spiro atoms. The Bertz CT molecular complexity index is 232. The van der Waals surface area contributed by atoms with Gasteiger partial charge in [0.25, 0.3) is 0 Å². The van der Waals surface area contributed by atoms with Crippen LogP contribution in [-0.2, 0) is 4.79 Å². The van der Waals surface area contributed by atoms with Gasteiger partial charge in [-0.2, -0.15) is 0 Å². The summed E-state index contributed by atoms with van der Waals surface area (Å²) in [7, 11) is 0. The van der Waals surface area contributed by atoms with Crippen molar-refractivity contribution in [2.45, 2.75) is 39.2 Å². The molecule has 0 radical (unpaired) electrons. The molecule has 0 aromatic rings. The average Bonchev–Trinajstić information content (AvgIpc) is 2.84. The molecule has 0 atom stereocenters. The molecular weight excluding hydrogens is 178 g/mol. The SMILES string of the molecule is CC(C)NC(=O)CCN=C(N)C1CC1. The highest BCUT2D eigenvalue weighted by Gasteiger charge is 2.25. The third-order valence-corrected chi connectivity index (χ3v) is 2.08. The molecule has 0 aromatic heterocycles. The van der Waals surface area contributed by atoms with E-state index in [2.05, 4.69) is 10.3 Å². The van der Waals surface area contributed by atoms with E-state index in [0.29, 0.717) is 18.9 Å². The van der Waals surface area contributed by atoms with Gasteiger partial charge in [-0.1, -0.05) is 0 Å². The summed E-state index contributed by atoms with van der Waals surface area (Å²) in [6.07, 6.45) is 2.76. The normalized spacial score (nSPS) is 17.2. The summed E-state index contributed by atoms with van der Waals surface area (Å²) in [6, 6.07) is 0.201. The molecule has 1 amide bonds. The maximum atomic E-state index is 11.2. The largest absolute Gasteiger partial charge is 0.387 e. The van der Waals surface area contributed by atoms with Gasteiger partial charge in [-0.15, -0.1) is 0 Å². The van der Waals surface area contributed by atoms with E-state index in [9.17, 15) is 4.79 Å². The fraction of sp³-hybridized carbons (Fsp3) is 0.800. The van der Waals surface area contributed by atoms with Gasteiger partial charge in [0, 0.05) is 24.9 Å². The fourth-order valence-corrected chi connectivity index (χ4v) is 1.19. The smallest absolute Gasteiger partial charge is 0.222 e. The maximum Gasteiger partial charge on any atom is 0.222 e. The summed E-state index contributed by atoms with van der Waals surface area (Å²) in [5.74, 6) is 1.28. The summed E-state index contributed by atoms with van der Waals surface area (Å²) in [5, 5.41) is 2.81. The summed E-state index contributed by atoms with van der Waals surface area (Å²) in [5.41, 5.74) is 5.68. The van der Waals surface area contributed by atoms with E-state index in [1.165, 1.54) is 0 Å². The van der Waals surface area contributed by atoms with Crippen molar-refractivity contribution in [2.75, 3.05) is 6.54 Å². The highest BCUT2D eigenvalue weighted by molar-refractivity contribution is 5.85. The number of amidine groups is 1. The summed E-state index contributed by atoms with van der Waals surface area (Å²) in [6.45, 7) is 4.40. The van der Waals surface area contributed by atoms with Crippen molar-refractivity contribution in [2.24, 2.45) is 16.6 Å². The van der Waals surface area contributed by atoms with Gasteiger partial charge in [-0.3, -0.25) is 9.79 Å². The molecule has 0 aliphatic heterocycles. The Hall–Kier alpha value is -1.06. The lowest BCUT2D eigenvalue weighted by Crippen LogP contribution is -2.30. The first kappa shape index (κ1) is 11.0. The molecule has 1 aliphatic carbocycles. The van der Waals surface area contributed by atoms with Crippen molar-refractivity contribution in [3.63, 3.8) is 0 Å². The Morgan fingerprint density at radius 3 is 2.71 bits per heavy atom. The van der Waals surface area contributed by atoms with Crippen molar-refractivity contribution in [3.05, 3.63) is 0 Å². The molecule has 0 aromatic carbocycles. The zero-order valence-electron chi connectivity index (χ0n) is 8.92. The molecule has 80 valence electrons. The van der Waals surface area contributed by atoms with Crippen LogP contribution in [0.4, 0.5) is 0 Å². The third kappa shape index (κ3) is 4.25. The van der Waals surface area contributed by atoms with Gasteiger partial charge in [-0.05, 0) is 26.7 Å². The second kappa shape index (κ2) is 4.98. The van der Waals surface area contributed by atoms with E-state index in [1.807, 2.05) is 13.8 Å². The predicted octanol–water partition coefficient (Wildman–Crippen LogP) is 0.668. The lowest BCUT2D eigenvalue weighted by molar-refractivity contribution is -0.121. The van der Waals surface area contributed by atoms with Crippen LogP contribution in [0, 0.1) is 5.92 Å². The minimum atomic E-state index is 0.0485. The van der Waals surface area contributed by atoms with Crippen LogP contribution in [-0.4, -0.2) is 24.3 Å². The van der Waals surface area contributed by atoms with Crippen LogP contribution in [0.15, 0.2) is 4.99 Å². The van der Waals surface area contributed by atoms with Crippen molar-refractivity contribution in [1.82, 2.24) is 5.32 Å². The number of nitrogens with two attached hydrogens (primary N) is 1. The number of rotatable bonds is 5. The van der Waals surface area contributed by atoms with Crippen LogP contribution in [0.1, 0.15) is 33.1 Å². The van der Waals surface area contributed by atoms with Gasteiger partial charge >= 0.3 is 0 Å². The van der Waals surface area contributed by atoms with Crippen molar-refractivity contribution < 1.29 is 4.79 Å². The first-order valence-corrected chi connectivity index (χ1v) is 5.18. The van der Waals surface area contributed by atoms with Gasteiger partial charge in [-0.25, -0.2) is 0 Å². The number of carbonyl (C=O) groups excluding carboxylic acids is 1. The van der Waals surface area contributed by atoms with Gasteiger partial charge in [0.15, 0.2) is 0 Å². The van der Waals surface area contributed by atoms with Gasteiger partial charge in [0.1, 0.15) is 0 Å². The Morgan fingerprint density at radius 2 is 2.21 bits per heavy atom. The maximum absolute atomic E-state index is 11.2. The monoisotopic (exact) mass is 197 g/mol. The van der Waals surface area contributed by atoms with E-state index in [4.69, 9.17) is 5.73 Å². The van der Waals surface area contributed by atoms with Crippen molar-refractivity contribution in [1.29, 1.82) is 0 Å². The number of nitrogens with one attached hydrogen (secondary N) is 1. The van der Waals surface area contributed by atoms with E-state index in [1.54, 1.807) is 0 Å². The van der Waals surface area contributed by atoms with Crippen LogP contribution >= 0.6 is 0 Å². The number of carbonyl (C=O) groups is 1. The standard InChI is InChI=1S/C10H19N3O/c1-7(2)13-9(14)5-6-12-10(11)8-3-4-8/h7-8H,3-6H2,1-2H3,(H2,11,12)(H,13,14). The molecule has 1 aliphatic rings. The number of amides is 1. The summed E-state index contributed by atoms with van der Waals surface area (Å²) in [4.78, 5) is 15.4. The van der Waals surface area contributed by atoms with Crippen LogP contribution in [0.2, 0.25) is 0 Å². The molecule has 1 fully saturated rings. The van der Waals surface area contributed by atoms with Crippen LogP contribution in [0.25, 0.3) is 0 Å². The van der Waals surface area contributed by atoms with E-state index < -0.39 is 0 Å². The molecule has 0 unspecified atom stereocenters. The van der Waals surface area contributed by atoms with Gasteiger partial charge in [0.05, 0.1) is 5.84 Å². The lowest BCUT2D eigenvalue weighted by atomic mass is 10.3. The van der Waals surface area contributed by atoms with Crippen molar-refractivity contribution in [3.8, 4) is 0 Å². The molecular formula is C10H19N3O. The molecule has 3 N–H and O–H groups in total. The predicted molar refractivity (Wildman–Crippen MR) is 57.1 cm³/mol. The zero-order valence-corrected chi connectivity index (χ0v) is 8.92. The van der Waals surface area contributed by atoms with E-state index >= 15 is 0 Å². The summed E-state index contributed by atoms with van der Waals surface area (Å²) >= 11 is 0. The average molecular weight is 197 g/mol. The Morgan fingerprint density at radius 1 is 1.57 bits per heavy atom. The van der Waals surface area contributed by atoms with Gasteiger partial charge in [0.2, 0.25) is 5.91 Å². The Balaban J connectivity index is 2.13. The minimum absolute atomic E-state index is 0.0485. The Kier molecular flexibility index (Phi) is 3.92. The van der Waals surface area contributed by atoms with E-state index in [0.717, 1.165) is 18.7 Å². The number of hydrogen-bond acceptors (Lipinski definition) is 2. The topological polar surface area (TPSA) is 67.5 Å². The highest BCUT2D eigenvalue weighted by atomic mass is 16.1. The molecule has 4 nitrogen and oxygen atoms in total. The number of aliphatic imine (C=N–C) groups is 1. The quantitative estimate of drug-likeness (QED) is 0.502.